The van der Waals surface area contributed by atoms with Crippen LogP contribution >= 0.6 is 31.1 Å². The molecule has 3 aromatic rings. The average molecular weight is 534 g/mol. The van der Waals surface area contributed by atoms with Gasteiger partial charge in [0.1, 0.15) is 12.4 Å². The maximum Gasteiger partial charge on any atom is 0.167 e. The van der Waals surface area contributed by atoms with Gasteiger partial charge in [-0.2, -0.15) is 0 Å². The van der Waals surface area contributed by atoms with E-state index in [1.165, 1.54) is 24.6 Å². The molecule has 0 bridgehead atoms. The highest BCUT2D eigenvalue weighted by molar-refractivity contribution is 7.56. The summed E-state index contributed by atoms with van der Waals surface area (Å²) in [7, 11) is 0.0616. The van der Waals surface area contributed by atoms with Gasteiger partial charge in [0, 0.05) is 65.5 Å². The Morgan fingerprint density at radius 1 is 1.20 bits per heavy atom. The molecule has 0 aliphatic carbocycles. The first-order valence-electron chi connectivity index (χ1n) is 11.0. The first-order valence-corrected chi connectivity index (χ1v) is 14.2. The molecule has 2 aromatic heterocycles. The molecule has 1 saturated heterocycles. The fourth-order valence-corrected chi connectivity index (χ4v) is 6.60. The van der Waals surface area contributed by atoms with Crippen LogP contribution in [0.15, 0.2) is 42.9 Å². The molecule has 0 atom stereocenters. The fourth-order valence-electron chi connectivity index (χ4n) is 4.40. The summed E-state index contributed by atoms with van der Waals surface area (Å²) in [5, 5.41) is 9.30. The van der Waals surface area contributed by atoms with Gasteiger partial charge in [-0.3, -0.25) is 10.4 Å². The number of aromatic nitrogens is 2. The largest absolute Gasteiger partial charge is 0.486 e. The summed E-state index contributed by atoms with van der Waals surface area (Å²) in [5.74, 6) is 0.189. The zero-order valence-electron chi connectivity index (χ0n) is 19.8. The molecule has 0 saturated carbocycles. The number of pyridine rings is 2. The van der Waals surface area contributed by atoms with Crippen LogP contribution in [0, 0.1) is 16.6 Å². The number of hydrogen-bond acceptors (Lipinski definition) is 6. The van der Waals surface area contributed by atoms with Gasteiger partial charge < -0.3 is 15.4 Å². The molecule has 1 fully saturated rings. The lowest BCUT2D eigenvalue weighted by molar-refractivity contribution is 0.280. The molecule has 35 heavy (non-hydrogen) atoms. The lowest BCUT2D eigenvalue weighted by Gasteiger charge is -2.49. The first kappa shape index (κ1) is 25.6. The first-order chi connectivity index (χ1) is 16.6. The van der Waals surface area contributed by atoms with Crippen LogP contribution in [0.4, 0.5) is 15.9 Å². The Morgan fingerprint density at radius 2 is 1.89 bits per heavy atom. The number of nitrogens with one attached hydrogen (secondary N) is 1. The van der Waals surface area contributed by atoms with E-state index >= 15 is 0 Å². The molecule has 184 valence electrons. The van der Waals surface area contributed by atoms with E-state index < -0.39 is 5.82 Å². The van der Waals surface area contributed by atoms with E-state index in [1.54, 1.807) is 6.20 Å². The molecule has 0 spiro atoms. The number of ether oxygens (including phenoxy) is 1. The third kappa shape index (κ3) is 5.69. The fraction of sp³-hybridized carbons (Fsp3) is 0.320. The third-order valence-corrected chi connectivity index (χ3v) is 7.95. The van der Waals surface area contributed by atoms with Crippen LogP contribution in [0.25, 0.3) is 0 Å². The van der Waals surface area contributed by atoms with E-state index in [0.29, 0.717) is 32.2 Å². The van der Waals surface area contributed by atoms with E-state index in [-0.39, 0.29) is 31.7 Å². The summed E-state index contributed by atoms with van der Waals surface area (Å²) >= 11 is 12.3. The van der Waals surface area contributed by atoms with Crippen molar-refractivity contribution in [2.24, 2.45) is 5.41 Å². The van der Waals surface area contributed by atoms with Crippen molar-refractivity contribution in [1.82, 2.24) is 9.97 Å². The van der Waals surface area contributed by atoms with Gasteiger partial charge in [0.25, 0.3) is 0 Å². The monoisotopic (exact) mass is 533 g/mol. The van der Waals surface area contributed by atoms with E-state index in [4.69, 9.17) is 39.1 Å². The third-order valence-electron chi connectivity index (χ3n) is 5.90. The highest BCUT2D eigenvalue weighted by Gasteiger charge is 2.39. The van der Waals surface area contributed by atoms with Gasteiger partial charge in [-0.1, -0.05) is 30.1 Å². The molecule has 3 heterocycles. The van der Waals surface area contributed by atoms with Gasteiger partial charge in [0.2, 0.25) is 0 Å². The van der Waals surface area contributed by atoms with Crippen LogP contribution in [0.2, 0.25) is 10.0 Å². The Hall–Kier alpha value is -2.47. The van der Waals surface area contributed by atoms with Crippen molar-refractivity contribution in [3.8, 4) is 5.75 Å². The Labute approximate surface area is 215 Å². The number of benzene rings is 1. The molecule has 4 rings (SSSR count). The van der Waals surface area contributed by atoms with Gasteiger partial charge in [-0.25, -0.2) is 9.37 Å². The molecule has 1 aromatic carbocycles. The van der Waals surface area contributed by atoms with Crippen LogP contribution in [0.1, 0.15) is 23.6 Å². The summed E-state index contributed by atoms with van der Waals surface area (Å²) in [5.41, 5.74) is 8.07. The molecular formula is C25H27Cl2FN5OP. The number of nitrogens with two attached hydrogens (primary N) is 1. The van der Waals surface area contributed by atoms with E-state index in [2.05, 4.69) is 35.1 Å². The molecule has 0 unspecified atom stereocenters. The Morgan fingerprint density at radius 3 is 2.49 bits per heavy atom. The Kier molecular flexibility index (Phi) is 7.51. The lowest BCUT2D eigenvalue weighted by Crippen LogP contribution is -2.56. The molecule has 6 nitrogen and oxygen atoms in total. The predicted molar refractivity (Wildman–Crippen MR) is 144 cm³/mol. The molecule has 0 amide bonds. The van der Waals surface area contributed by atoms with E-state index in [0.717, 1.165) is 25.0 Å². The van der Waals surface area contributed by atoms with Crippen molar-refractivity contribution in [2.45, 2.75) is 13.5 Å². The van der Waals surface area contributed by atoms with Crippen molar-refractivity contribution in [3.63, 3.8) is 0 Å². The second kappa shape index (κ2) is 10.3. The Balaban J connectivity index is 1.48. The predicted octanol–water partition coefficient (Wildman–Crippen LogP) is 6.07. The number of halogens is 3. The zero-order chi connectivity index (χ0) is 25.3. The summed E-state index contributed by atoms with van der Waals surface area (Å²) in [6.07, 6.45) is 5.78. The minimum Gasteiger partial charge on any atom is -0.486 e. The van der Waals surface area contributed by atoms with Gasteiger partial charge in [0.05, 0.1) is 15.8 Å². The maximum atomic E-state index is 14.6. The molecule has 10 heteroatoms. The molecule has 1 aliphatic rings. The summed E-state index contributed by atoms with van der Waals surface area (Å²) < 4.78 is 20.2. The maximum absolute atomic E-state index is 14.6. The summed E-state index contributed by atoms with van der Waals surface area (Å²) in [6, 6.07) is 6.31. The van der Waals surface area contributed by atoms with Crippen LogP contribution in [0.3, 0.4) is 0 Å². The number of hydrogen-bond donors (Lipinski definition) is 2. The minimum absolute atomic E-state index is 0.0563. The quantitative estimate of drug-likeness (QED) is 0.208. The van der Waals surface area contributed by atoms with Crippen LogP contribution in [-0.4, -0.2) is 48.3 Å². The van der Waals surface area contributed by atoms with Crippen molar-refractivity contribution in [2.75, 3.05) is 43.2 Å². The average Bonchev–Trinajstić information content (AvgIpc) is 2.77. The topological polar surface area (TPSA) is 88.1 Å². The SMILES string of the molecule is CP(C)CC1(C)CN(c2ccc(C(=N)c3cc(OCc4c(Cl)cncc4Cl)c(F)cc3N)cn2)C1. The molecular weight excluding hydrogens is 507 g/mol. The molecule has 1 aliphatic heterocycles. The number of nitrogens with zero attached hydrogens (tertiary/aromatic N) is 3. The second-order valence-corrected chi connectivity index (χ2v) is 12.7. The van der Waals surface area contributed by atoms with Gasteiger partial charge in [-0.15, -0.1) is 7.92 Å². The smallest absolute Gasteiger partial charge is 0.167 e. The normalized spacial score (nSPS) is 14.7. The zero-order valence-corrected chi connectivity index (χ0v) is 22.2. The van der Waals surface area contributed by atoms with Gasteiger partial charge in [-0.05, 0) is 37.7 Å². The highest BCUT2D eigenvalue weighted by atomic mass is 35.5. The van der Waals surface area contributed by atoms with Gasteiger partial charge in [0.15, 0.2) is 11.6 Å². The van der Waals surface area contributed by atoms with Crippen LogP contribution in [-0.2, 0) is 6.61 Å². The summed E-state index contributed by atoms with van der Waals surface area (Å²) in [6.45, 7) is 8.84. The standard InChI is InChI=1S/C25H27Cl2FN5OP/c1-25(14-35(2)3)12-33(13-25)23-5-4-15(8-32-23)24(30)16-6-22(20(28)7-21(16)29)34-11-17-18(26)9-31-10-19(17)27/h4-10,30H,11-14,29H2,1-3H3. The second-order valence-electron chi connectivity index (χ2n) is 9.42. The van der Waals surface area contributed by atoms with E-state index in [1.807, 2.05) is 12.1 Å². The number of anilines is 2. The van der Waals surface area contributed by atoms with Crippen LogP contribution in [0.5, 0.6) is 5.75 Å². The lowest BCUT2D eigenvalue weighted by atomic mass is 9.84. The van der Waals surface area contributed by atoms with Gasteiger partial charge >= 0.3 is 0 Å². The summed E-state index contributed by atoms with van der Waals surface area (Å²) in [4.78, 5) is 10.7. The van der Waals surface area contributed by atoms with Crippen LogP contribution < -0.4 is 15.4 Å². The highest BCUT2D eigenvalue weighted by Crippen LogP contribution is 2.42. The van der Waals surface area contributed by atoms with Crippen molar-refractivity contribution in [1.29, 1.82) is 5.41 Å². The minimum atomic E-state index is -0.641. The molecule has 0 radical (unpaired) electrons. The van der Waals surface area contributed by atoms with E-state index in [9.17, 15) is 4.39 Å². The van der Waals surface area contributed by atoms with Crippen molar-refractivity contribution < 1.29 is 9.13 Å². The Bertz CT molecular complexity index is 1230. The number of rotatable bonds is 8. The molecule has 3 N–H and O–H groups in total. The van der Waals surface area contributed by atoms with Crippen molar-refractivity contribution >= 4 is 48.3 Å². The number of nitrogen functional groups attached to an aromatic ring is 1. The van der Waals surface area contributed by atoms with Crippen molar-refractivity contribution in [3.05, 3.63) is 75.4 Å².